The number of hydrogen-bond donors (Lipinski definition) is 0. The molecule has 3 rings (SSSR count). The summed E-state index contributed by atoms with van der Waals surface area (Å²) in [5.41, 5.74) is 4.36. The summed E-state index contributed by atoms with van der Waals surface area (Å²) in [6.45, 7) is 32.5. The largest absolute Gasteiger partial charge is 0.111 e. The highest BCUT2D eigenvalue weighted by Crippen LogP contribution is 2.60. The van der Waals surface area contributed by atoms with Crippen LogP contribution in [-0.2, 0) is 0 Å². The first-order valence-corrected chi connectivity index (χ1v) is 17.2. The molecule has 1 fully saturated rings. The Morgan fingerprint density at radius 1 is 0.643 bits per heavy atom. The lowest BCUT2D eigenvalue weighted by atomic mass is 9.80. The summed E-state index contributed by atoms with van der Waals surface area (Å²) in [6, 6.07) is 0. The molecular weight excluding hydrogens is 368 g/mol. The number of allylic oxidation sites excluding steroid dienone is 8. The molecule has 0 aromatic heterocycles. The highest BCUT2D eigenvalue weighted by molar-refractivity contribution is 7.06. The van der Waals surface area contributed by atoms with Crippen molar-refractivity contribution in [2.75, 3.05) is 0 Å². The van der Waals surface area contributed by atoms with Crippen molar-refractivity contribution in [2.24, 2.45) is 22.2 Å². The van der Waals surface area contributed by atoms with Crippen LogP contribution in [0.3, 0.4) is 0 Å². The molecule has 0 radical (unpaired) electrons. The monoisotopic (exact) mass is 412 g/mol. The lowest BCUT2D eigenvalue weighted by Gasteiger charge is -2.47. The Hall–Kier alpha value is -0.606. The number of fused-ring (bicyclic) bond motifs is 2. The first kappa shape index (κ1) is 22.1. The number of hydrogen-bond acceptors (Lipinski definition) is 0. The molecule has 1 saturated heterocycles. The summed E-state index contributed by atoms with van der Waals surface area (Å²) in [7, 11) is -3.41. The zero-order chi connectivity index (χ0) is 21.7. The molecule has 0 unspecified atom stereocenters. The molecular formula is C26H44Si2. The van der Waals surface area contributed by atoms with E-state index in [1.807, 2.05) is 10.4 Å². The molecule has 0 nitrogen and oxygen atoms in total. The van der Waals surface area contributed by atoms with Gasteiger partial charge in [0, 0.05) is 0 Å². The molecule has 28 heavy (non-hydrogen) atoms. The van der Waals surface area contributed by atoms with Gasteiger partial charge in [-0.1, -0.05) is 133 Å². The molecule has 0 N–H and O–H groups in total. The molecule has 0 aromatic carbocycles. The van der Waals surface area contributed by atoms with E-state index in [1.54, 1.807) is 21.5 Å². The van der Waals surface area contributed by atoms with E-state index in [0.29, 0.717) is 11.3 Å². The van der Waals surface area contributed by atoms with Gasteiger partial charge in [-0.05, 0) is 28.6 Å². The fraction of sp³-hybridized carbons (Fsp3) is 0.692. The first-order chi connectivity index (χ1) is 12.3. The van der Waals surface area contributed by atoms with Gasteiger partial charge in [0.2, 0.25) is 0 Å². The molecule has 0 aromatic rings. The third kappa shape index (κ3) is 3.14. The molecule has 1 aliphatic heterocycles. The van der Waals surface area contributed by atoms with E-state index in [2.05, 4.69) is 101 Å². The molecule has 0 amide bonds. The van der Waals surface area contributed by atoms with E-state index in [9.17, 15) is 0 Å². The Morgan fingerprint density at radius 3 is 1.21 bits per heavy atom. The molecule has 0 bridgehead atoms. The quantitative estimate of drug-likeness (QED) is 0.352. The van der Waals surface area contributed by atoms with Crippen LogP contribution >= 0.6 is 0 Å². The minimum absolute atomic E-state index is 0.256. The van der Waals surface area contributed by atoms with Gasteiger partial charge in [-0.3, -0.25) is 0 Å². The van der Waals surface area contributed by atoms with Gasteiger partial charge in [-0.2, -0.15) is 0 Å². The minimum Gasteiger partial charge on any atom is -0.0775 e. The van der Waals surface area contributed by atoms with Crippen LogP contribution in [0.2, 0.25) is 26.2 Å². The fourth-order valence-electron chi connectivity index (χ4n) is 5.76. The summed E-state index contributed by atoms with van der Waals surface area (Å²) >= 11 is 0. The molecule has 0 atom stereocenters. The van der Waals surface area contributed by atoms with Gasteiger partial charge in [-0.15, -0.1) is 0 Å². The molecule has 0 spiro atoms. The fourth-order valence-corrected chi connectivity index (χ4v) is 16.7. The summed E-state index contributed by atoms with van der Waals surface area (Å²) in [4.78, 5) is 0. The molecule has 156 valence electrons. The molecule has 3 aliphatic rings. The van der Waals surface area contributed by atoms with E-state index in [1.165, 1.54) is 6.42 Å². The Balaban J connectivity index is 2.39. The van der Waals surface area contributed by atoms with Crippen molar-refractivity contribution >= 4 is 16.1 Å². The van der Waals surface area contributed by atoms with Crippen molar-refractivity contribution in [1.29, 1.82) is 0 Å². The third-order valence-electron chi connectivity index (χ3n) is 7.60. The Morgan fingerprint density at radius 2 is 0.964 bits per heavy atom. The average Bonchev–Trinajstić information content (AvgIpc) is 3.08. The van der Waals surface area contributed by atoms with Crippen molar-refractivity contribution in [1.82, 2.24) is 0 Å². The van der Waals surface area contributed by atoms with Crippen molar-refractivity contribution in [3.63, 3.8) is 0 Å². The lowest BCUT2D eigenvalue weighted by molar-refractivity contribution is 0.346. The second kappa shape index (κ2) is 5.97. The van der Waals surface area contributed by atoms with Gasteiger partial charge in [-0.25, -0.2) is 0 Å². The molecule has 0 saturated carbocycles. The Bertz CT molecular complexity index is 770. The van der Waals surface area contributed by atoms with E-state index in [0.717, 1.165) is 0 Å². The van der Waals surface area contributed by atoms with E-state index < -0.39 is 16.1 Å². The van der Waals surface area contributed by atoms with E-state index in [-0.39, 0.29) is 10.8 Å². The predicted octanol–water partition coefficient (Wildman–Crippen LogP) is 8.19. The summed E-state index contributed by atoms with van der Waals surface area (Å²) in [6.07, 6.45) is 6.62. The predicted molar refractivity (Wildman–Crippen MR) is 132 cm³/mol. The van der Waals surface area contributed by atoms with Crippen molar-refractivity contribution in [2.45, 2.75) is 94.9 Å². The van der Waals surface area contributed by atoms with Crippen molar-refractivity contribution in [3.8, 4) is 0 Å². The van der Waals surface area contributed by atoms with Crippen LogP contribution in [0.5, 0.6) is 0 Å². The summed E-state index contributed by atoms with van der Waals surface area (Å²) in [5, 5.41) is 7.30. The van der Waals surface area contributed by atoms with Crippen LogP contribution in [0.4, 0.5) is 0 Å². The maximum absolute atomic E-state index is 2.70. The topological polar surface area (TPSA) is 0 Å². The Labute approximate surface area is 177 Å². The molecule has 2 heteroatoms. The van der Waals surface area contributed by atoms with Gasteiger partial charge >= 0.3 is 0 Å². The van der Waals surface area contributed by atoms with Crippen molar-refractivity contribution in [3.05, 3.63) is 44.1 Å². The van der Waals surface area contributed by atoms with Gasteiger partial charge in [0.25, 0.3) is 0 Å². The van der Waals surface area contributed by atoms with Crippen LogP contribution < -0.4 is 0 Å². The van der Waals surface area contributed by atoms with Crippen LogP contribution in [-0.4, -0.2) is 16.1 Å². The maximum Gasteiger partial charge on any atom is 0.111 e. The SMILES string of the molecule is CC(C)(C)C1=C2C(=C(C(C)(C)C)C1)[Si](C)(C)C1=CC(C(C)(C)C)C=C1[Si]2(C)C. The van der Waals surface area contributed by atoms with Crippen LogP contribution in [0.25, 0.3) is 0 Å². The van der Waals surface area contributed by atoms with Crippen LogP contribution in [0, 0.1) is 22.2 Å². The number of rotatable bonds is 0. The highest BCUT2D eigenvalue weighted by Gasteiger charge is 2.56. The normalized spacial score (nSPS) is 25.0. The van der Waals surface area contributed by atoms with E-state index in [4.69, 9.17) is 0 Å². The van der Waals surface area contributed by atoms with Crippen LogP contribution in [0.15, 0.2) is 44.1 Å². The Kier molecular flexibility index (Phi) is 4.71. The highest BCUT2D eigenvalue weighted by atomic mass is 28.3. The minimum atomic E-state index is -1.70. The molecule has 2 aliphatic carbocycles. The third-order valence-corrected chi connectivity index (χ3v) is 15.3. The second-order valence-corrected chi connectivity index (χ2v) is 22.3. The van der Waals surface area contributed by atoms with Crippen molar-refractivity contribution < 1.29 is 0 Å². The van der Waals surface area contributed by atoms with Gasteiger partial charge in [0.05, 0.1) is 0 Å². The average molecular weight is 413 g/mol. The van der Waals surface area contributed by atoms with Gasteiger partial charge in [0.15, 0.2) is 0 Å². The smallest absolute Gasteiger partial charge is 0.0775 e. The zero-order valence-electron chi connectivity index (χ0n) is 20.9. The van der Waals surface area contributed by atoms with E-state index >= 15 is 0 Å². The summed E-state index contributed by atoms with van der Waals surface area (Å²) in [5.74, 6) is 0.590. The van der Waals surface area contributed by atoms with Crippen LogP contribution in [0.1, 0.15) is 68.7 Å². The first-order valence-electron chi connectivity index (χ1n) is 11.2. The molecule has 1 heterocycles. The maximum atomic E-state index is 2.70. The van der Waals surface area contributed by atoms with Gasteiger partial charge in [0.1, 0.15) is 16.1 Å². The summed E-state index contributed by atoms with van der Waals surface area (Å²) < 4.78 is 0. The second-order valence-electron chi connectivity index (χ2n) is 13.7. The zero-order valence-corrected chi connectivity index (χ0v) is 22.9. The van der Waals surface area contributed by atoms with Gasteiger partial charge < -0.3 is 0 Å². The lowest BCUT2D eigenvalue weighted by Crippen LogP contribution is -2.51. The standard InChI is InChI=1S/C26H44Si2/c1-24(2,3)17-14-20-21(15-17)28(12,13)23-19(26(7,8)9)16-18(25(4,5)6)22(23)27(20,10)11/h14-15,17H,16H2,1-13H3.